The van der Waals surface area contributed by atoms with Crippen molar-refractivity contribution < 1.29 is 17.5 Å². The lowest BCUT2D eigenvalue weighted by Gasteiger charge is -2.42. The molecule has 1 fully saturated rings. The van der Waals surface area contributed by atoms with Crippen LogP contribution in [0.2, 0.25) is 0 Å². The van der Waals surface area contributed by atoms with Crippen molar-refractivity contribution in [3.63, 3.8) is 0 Å². The Labute approximate surface area is 185 Å². The van der Waals surface area contributed by atoms with Crippen LogP contribution >= 0.6 is 0 Å². The van der Waals surface area contributed by atoms with Gasteiger partial charge in [0.05, 0.1) is 12.0 Å². The van der Waals surface area contributed by atoms with Gasteiger partial charge in [-0.25, -0.2) is 12.8 Å². The van der Waals surface area contributed by atoms with E-state index in [1.165, 1.54) is 16.4 Å². The molecule has 2 bridgehead atoms. The van der Waals surface area contributed by atoms with Crippen LogP contribution in [0.25, 0.3) is 11.1 Å². The van der Waals surface area contributed by atoms with Gasteiger partial charge in [0, 0.05) is 36.8 Å². The van der Waals surface area contributed by atoms with Gasteiger partial charge in [0.25, 0.3) is 5.56 Å². The summed E-state index contributed by atoms with van der Waals surface area (Å²) in [7, 11) is -2.13. The first kappa shape index (κ1) is 20.9. The molecule has 2 aliphatic heterocycles. The van der Waals surface area contributed by atoms with Crippen LogP contribution in [-0.2, 0) is 16.6 Å². The minimum absolute atomic E-state index is 0.0419. The Morgan fingerprint density at radius 3 is 2.34 bits per heavy atom. The van der Waals surface area contributed by atoms with Gasteiger partial charge in [-0.05, 0) is 66.4 Å². The number of nitrogens with zero attached hydrogens (tertiary/aromatic N) is 2. The van der Waals surface area contributed by atoms with Gasteiger partial charge in [0.1, 0.15) is 11.6 Å². The molecule has 1 aromatic heterocycles. The number of ether oxygens (including phenoxy) is 1. The number of rotatable bonds is 4. The summed E-state index contributed by atoms with van der Waals surface area (Å²) in [5.74, 6) is 0.236. The number of sulfonamides is 1. The molecule has 0 radical (unpaired) electrons. The SMILES string of the molecule is COc1ccc(-c2ccc3n(c2=O)CC2CC3CN(S(=O)(=O)c3ccc(F)cc3)C2)cc1. The van der Waals surface area contributed by atoms with Crippen LogP contribution in [0.15, 0.2) is 70.4 Å². The van der Waals surface area contributed by atoms with Crippen molar-refractivity contribution >= 4 is 10.0 Å². The first-order valence-corrected chi connectivity index (χ1v) is 11.9. The summed E-state index contributed by atoms with van der Waals surface area (Å²) in [6.07, 6.45) is 0.844. The molecule has 0 aliphatic carbocycles. The molecular formula is C24H23FN2O4S. The van der Waals surface area contributed by atoms with Crippen LogP contribution in [0.1, 0.15) is 18.0 Å². The van der Waals surface area contributed by atoms with Crippen molar-refractivity contribution in [1.29, 1.82) is 0 Å². The molecule has 2 atom stereocenters. The number of halogens is 1. The predicted octanol–water partition coefficient (Wildman–Crippen LogP) is 3.47. The highest BCUT2D eigenvalue weighted by Crippen LogP contribution is 2.38. The number of aromatic nitrogens is 1. The van der Waals surface area contributed by atoms with Gasteiger partial charge in [-0.1, -0.05) is 12.1 Å². The number of pyridine rings is 1. The number of piperidine rings is 1. The standard InChI is InChI=1S/C24H23FN2O4S/c1-31-20-6-2-17(3-7-20)22-10-11-23-18-12-16(14-27(23)24(22)28)13-26(15-18)32(29,30)21-8-4-19(25)5-9-21/h2-11,16,18H,12-15H2,1H3. The van der Waals surface area contributed by atoms with Gasteiger partial charge in [0.15, 0.2) is 0 Å². The molecule has 166 valence electrons. The highest BCUT2D eigenvalue weighted by molar-refractivity contribution is 7.89. The highest BCUT2D eigenvalue weighted by Gasteiger charge is 2.39. The fourth-order valence-corrected chi connectivity index (χ4v) is 6.41. The fourth-order valence-electron chi connectivity index (χ4n) is 4.84. The van der Waals surface area contributed by atoms with Gasteiger partial charge in [-0.2, -0.15) is 4.31 Å². The molecule has 5 rings (SSSR count). The zero-order valence-electron chi connectivity index (χ0n) is 17.6. The van der Waals surface area contributed by atoms with Crippen LogP contribution in [-0.4, -0.2) is 37.5 Å². The molecule has 3 aromatic rings. The Hall–Kier alpha value is -2.97. The number of hydrogen-bond donors (Lipinski definition) is 0. The number of hydrogen-bond acceptors (Lipinski definition) is 4. The van der Waals surface area contributed by atoms with E-state index >= 15 is 0 Å². The fraction of sp³-hybridized carbons (Fsp3) is 0.292. The van der Waals surface area contributed by atoms with Gasteiger partial charge < -0.3 is 9.30 Å². The third-order valence-corrected chi connectivity index (χ3v) is 8.27. The molecule has 0 N–H and O–H groups in total. The van der Waals surface area contributed by atoms with E-state index in [1.54, 1.807) is 11.7 Å². The van der Waals surface area contributed by atoms with Crippen molar-refractivity contribution in [1.82, 2.24) is 8.87 Å². The largest absolute Gasteiger partial charge is 0.497 e. The second kappa shape index (κ2) is 7.86. The van der Waals surface area contributed by atoms with Gasteiger partial charge >= 0.3 is 0 Å². The Kier molecular flexibility index (Phi) is 5.14. The number of methoxy groups -OCH3 is 1. The van der Waals surface area contributed by atoms with E-state index in [9.17, 15) is 17.6 Å². The molecule has 0 saturated carbocycles. The quantitative estimate of drug-likeness (QED) is 0.605. The maximum Gasteiger partial charge on any atom is 0.258 e. The molecule has 32 heavy (non-hydrogen) atoms. The van der Waals surface area contributed by atoms with Crippen molar-refractivity contribution in [2.75, 3.05) is 20.2 Å². The van der Waals surface area contributed by atoms with E-state index in [4.69, 9.17) is 4.74 Å². The lowest BCUT2D eigenvalue weighted by molar-refractivity contribution is 0.186. The van der Waals surface area contributed by atoms with Gasteiger partial charge in [-0.15, -0.1) is 0 Å². The lowest BCUT2D eigenvalue weighted by Crippen LogP contribution is -2.49. The summed E-state index contributed by atoms with van der Waals surface area (Å²) < 4.78 is 48.0. The van der Waals surface area contributed by atoms with E-state index in [2.05, 4.69) is 0 Å². The Bertz CT molecular complexity index is 1320. The molecule has 3 heterocycles. The van der Waals surface area contributed by atoms with Crippen molar-refractivity contribution in [3.05, 3.63) is 82.5 Å². The zero-order valence-corrected chi connectivity index (χ0v) is 18.4. The van der Waals surface area contributed by atoms with Crippen molar-refractivity contribution in [2.45, 2.75) is 23.8 Å². The molecule has 8 heteroatoms. The zero-order chi connectivity index (χ0) is 22.5. The van der Waals surface area contributed by atoms with Gasteiger partial charge in [0.2, 0.25) is 10.0 Å². The third kappa shape index (κ3) is 3.53. The number of fused-ring (bicyclic) bond motifs is 4. The molecule has 0 spiro atoms. The first-order valence-electron chi connectivity index (χ1n) is 10.5. The van der Waals surface area contributed by atoms with Gasteiger partial charge in [-0.3, -0.25) is 4.79 Å². The van der Waals surface area contributed by atoms with E-state index < -0.39 is 15.8 Å². The average molecular weight is 455 g/mol. The predicted molar refractivity (Wildman–Crippen MR) is 119 cm³/mol. The second-order valence-electron chi connectivity index (χ2n) is 8.39. The van der Waals surface area contributed by atoms with Crippen LogP contribution in [0.3, 0.4) is 0 Å². The van der Waals surface area contributed by atoms with Crippen molar-refractivity contribution in [2.24, 2.45) is 5.92 Å². The second-order valence-corrected chi connectivity index (χ2v) is 10.3. The Morgan fingerprint density at radius 1 is 0.938 bits per heavy atom. The summed E-state index contributed by atoms with van der Waals surface area (Å²) in [6.45, 7) is 1.12. The van der Waals surface area contributed by atoms with E-state index in [0.717, 1.165) is 35.6 Å². The summed E-state index contributed by atoms with van der Waals surface area (Å²) >= 11 is 0. The minimum atomic E-state index is -3.72. The summed E-state index contributed by atoms with van der Waals surface area (Å²) in [5.41, 5.74) is 2.24. The highest BCUT2D eigenvalue weighted by atomic mass is 32.2. The van der Waals surface area contributed by atoms with Crippen molar-refractivity contribution in [3.8, 4) is 16.9 Å². The summed E-state index contributed by atoms with van der Waals surface area (Å²) in [6, 6.07) is 16.1. The Morgan fingerprint density at radius 2 is 1.66 bits per heavy atom. The monoisotopic (exact) mass is 454 g/mol. The van der Waals surface area contributed by atoms with Crippen LogP contribution < -0.4 is 10.3 Å². The van der Waals surface area contributed by atoms with E-state index in [0.29, 0.717) is 25.2 Å². The smallest absolute Gasteiger partial charge is 0.258 e. The maximum absolute atomic E-state index is 13.3. The molecule has 2 aromatic carbocycles. The lowest BCUT2D eigenvalue weighted by atomic mass is 9.84. The minimum Gasteiger partial charge on any atom is -0.497 e. The third-order valence-electron chi connectivity index (χ3n) is 6.42. The molecule has 1 saturated heterocycles. The van der Waals surface area contributed by atoms with E-state index in [1.807, 2.05) is 36.4 Å². The molecule has 0 amide bonds. The Balaban J connectivity index is 1.47. The van der Waals surface area contributed by atoms with E-state index in [-0.39, 0.29) is 22.3 Å². The normalized spacial score (nSPS) is 20.6. The van der Waals surface area contributed by atoms with Crippen LogP contribution in [0.5, 0.6) is 5.75 Å². The average Bonchev–Trinajstić information content (AvgIpc) is 2.80. The first-order chi connectivity index (χ1) is 15.4. The topological polar surface area (TPSA) is 68.6 Å². The molecular weight excluding hydrogens is 431 g/mol. The van der Waals surface area contributed by atoms with Crippen LogP contribution in [0.4, 0.5) is 4.39 Å². The number of benzene rings is 2. The van der Waals surface area contributed by atoms with Crippen LogP contribution in [0, 0.1) is 11.7 Å². The summed E-state index contributed by atoms with van der Waals surface area (Å²) in [4.78, 5) is 13.4. The molecule has 2 unspecified atom stereocenters. The molecule has 2 aliphatic rings. The summed E-state index contributed by atoms with van der Waals surface area (Å²) in [5, 5.41) is 0. The maximum atomic E-state index is 13.3. The molecule has 6 nitrogen and oxygen atoms in total.